The number of aryl methyl sites for hydroxylation is 1. The summed E-state index contributed by atoms with van der Waals surface area (Å²) < 4.78 is 23.0. The second kappa shape index (κ2) is 8.32. The molecule has 0 fully saturated rings. The molecule has 0 aromatic heterocycles. The van der Waals surface area contributed by atoms with Crippen LogP contribution in [0, 0.1) is 6.92 Å². The number of amides is 1. The Morgan fingerprint density at radius 2 is 1.88 bits per heavy atom. The maximum atomic E-state index is 12.0. The Bertz CT molecular complexity index is 806. The summed E-state index contributed by atoms with van der Waals surface area (Å²) in [5.41, 5.74) is 0.986. The van der Waals surface area contributed by atoms with E-state index in [2.05, 4.69) is 5.32 Å². The average molecular weight is 364 g/mol. The fraction of sp³-hybridized carbons (Fsp3) is 0.235. The van der Waals surface area contributed by atoms with Crippen LogP contribution in [-0.2, 0) is 14.8 Å². The Morgan fingerprint density at radius 3 is 2.54 bits per heavy atom. The van der Waals surface area contributed by atoms with Gasteiger partial charge in [-0.25, -0.2) is 13.6 Å². The van der Waals surface area contributed by atoms with E-state index >= 15 is 0 Å². The van der Waals surface area contributed by atoms with Gasteiger partial charge in [-0.2, -0.15) is 0 Å². The van der Waals surface area contributed by atoms with Crippen LogP contribution in [-0.4, -0.2) is 20.1 Å². The molecule has 0 aliphatic heterocycles. The Morgan fingerprint density at radius 1 is 1.17 bits per heavy atom. The van der Waals surface area contributed by atoms with Gasteiger partial charge in [0.05, 0.1) is 4.90 Å². The summed E-state index contributed by atoms with van der Waals surface area (Å²) in [6.45, 7) is 1.66. The van der Waals surface area contributed by atoms with Crippen molar-refractivity contribution in [1.82, 2.24) is 0 Å². The third kappa shape index (κ3) is 5.67. The zero-order valence-electron chi connectivity index (χ0n) is 13.4. The van der Waals surface area contributed by atoms with E-state index in [1.54, 1.807) is 30.8 Å². The third-order valence-electron chi connectivity index (χ3n) is 3.34. The molecular weight excluding hydrogens is 344 g/mol. The van der Waals surface area contributed by atoms with Crippen molar-refractivity contribution in [3.05, 3.63) is 54.1 Å². The number of carbonyl (C=O) groups excluding carboxylic acids is 1. The lowest BCUT2D eigenvalue weighted by atomic mass is 10.2. The van der Waals surface area contributed by atoms with E-state index in [4.69, 9.17) is 5.14 Å². The molecule has 3 N–H and O–H groups in total. The van der Waals surface area contributed by atoms with Gasteiger partial charge in [0.2, 0.25) is 15.9 Å². The quantitative estimate of drug-likeness (QED) is 0.583. The van der Waals surface area contributed by atoms with Crippen molar-refractivity contribution in [2.45, 2.75) is 29.6 Å². The van der Waals surface area contributed by atoms with Crippen LogP contribution >= 0.6 is 11.8 Å². The van der Waals surface area contributed by atoms with Crippen LogP contribution in [0.2, 0.25) is 0 Å². The molecular formula is C17H20N2O3S2. The molecule has 0 aliphatic carbocycles. The van der Waals surface area contributed by atoms with Crippen LogP contribution < -0.4 is 10.5 Å². The SMILES string of the molecule is Cc1ccc(NC(=O)CCCSc2ccccc2)cc1S(N)(=O)=O. The van der Waals surface area contributed by atoms with Crippen molar-refractivity contribution in [3.63, 3.8) is 0 Å². The molecule has 0 atom stereocenters. The summed E-state index contributed by atoms with van der Waals surface area (Å²) in [6, 6.07) is 14.7. The number of primary sulfonamides is 1. The van der Waals surface area contributed by atoms with E-state index in [1.165, 1.54) is 11.0 Å². The largest absolute Gasteiger partial charge is 0.326 e. The van der Waals surface area contributed by atoms with Crippen molar-refractivity contribution in [3.8, 4) is 0 Å². The van der Waals surface area contributed by atoms with Crippen LogP contribution in [0.25, 0.3) is 0 Å². The van der Waals surface area contributed by atoms with Gasteiger partial charge in [0.1, 0.15) is 0 Å². The molecule has 0 aliphatic rings. The highest BCUT2D eigenvalue weighted by atomic mass is 32.2. The number of thioether (sulfide) groups is 1. The highest BCUT2D eigenvalue weighted by molar-refractivity contribution is 7.99. The Kier molecular flexibility index (Phi) is 6.42. The molecule has 0 heterocycles. The number of anilines is 1. The molecule has 1 amide bonds. The van der Waals surface area contributed by atoms with Gasteiger partial charge in [-0.1, -0.05) is 24.3 Å². The molecule has 0 bridgehead atoms. The van der Waals surface area contributed by atoms with E-state index in [0.29, 0.717) is 17.7 Å². The van der Waals surface area contributed by atoms with Crippen LogP contribution in [0.3, 0.4) is 0 Å². The molecule has 128 valence electrons. The molecule has 2 rings (SSSR count). The van der Waals surface area contributed by atoms with Gasteiger partial charge in [0, 0.05) is 17.0 Å². The highest BCUT2D eigenvalue weighted by Gasteiger charge is 2.13. The highest BCUT2D eigenvalue weighted by Crippen LogP contribution is 2.20. The minimum atomic E-state index is -3.80. The van der Waals surface area contributed by atoms with Gasteiger partial charge < -0.3 is 5.32 Å². The summed E-state index contributed by atoms with van der Waals surface area (Å²) in [4.78, 5) is 13.2. The zero-order valence-corrected chi connectivity index (χ0v) is 15.0. The molecule has 0 saturated carbocycles. The average Bonchev–Trinajstić information content (AvgIpc) is 2.53. The molecule has 0 spiro atoms. The second-order valence-corrected chi connectivity index (χ2v) is 8.04. The molecule has 0 saturated heterocycles. The number of carbonyl (C=O) groups is 1. The van der Waals surface area contributed by atoms with E-state index in [1.807, 2.05) is 30.3 Å². The van der Waals surface area contributed by atoms with Gasteiger partial charge in [-0.05, 0) is 48.9 Å². The predicted molar refractivity (Wildman–Crippen MR) is 97.6 cm³/mol. The number of benzene rings is 2. The smallest absolute Gasteiger partial charge is 0.238 e. The fourth-order valence-corrected chi connectivity index (χ4v) is 3.83. The van der Waals surface area contributed by atoms with Crippen LogP contribution in [0.4, 0.5) is 5.69 Å². The monoisotopic (exact) mass is 364 g/mol. The first-order chi connectivity index (χ1) is 11.4. The third-order valence-corrected chi connectivity index (χ3v) is 5.49. The topological polar surface area (TPSA) is 89.3 Å². The molecule has 0 unspecified atom stereocenters. The summed E-state index contributed by atoms with van der Waals surface area (Å²) in [5, 5.41) is 7.88. The Balaban J connectivity index is 1.84. The lowest BCUT2D eigenvalue weighted by Crippen LogP contribution is -2.16. The van der Waals surface area contributed by atoms with Gasteiger partial charge in [0.15, 0.2) is 0 Å². The molecule has 24 heavy (non-hydrogen) atoms. The van der Waals surface area contributed by atoms with E-state index in [-0.39, 0.29) is 10.8 Å². The standard InChI is InChI=1S/C17H20N2O3S2/c1-13-9-10-14(12-16(13)24(18,21)22)19-17(20)8-5-11-23-15-6-3-2-4-7-15/h2-4,6-7,9-10,12H,5,8,11H2,1H3,(H,19,20)(H2,18,21,22). The number of hydrogen-bond acceptors (Lipinski definition) is 4. The van der Waals surface area contributed by atoms with E-state index in [0.717, 1.165) is 12.2 Å². The predicted octanol–water partition coefficient (Wildman–Crippen LogP) is 3.15. The first-order valence-electron chi connectivity index (χ1n) is 7.47. The van der Waals surface area contributed by atoms with Crippen molar-refractivity contribution in [2.24, 2.45) is 5.14 Å². The van der Waals surface area contributed by atoms with Crippen molar-refractivity contribution in [2.75, 3.05) is 11.1 Å². The lowest BCUT2D eigenvalue weighted by Gasteiger charge is -2.09. The summed E-state index contributed by atoms with van der Waals surface area (Å²) in [6.07, 6.45) is 1.11. The maximum Gasteiger partial charge on any atom is 0.238 e. The zero-order chi connectivity index (χ0) is 17.6. The number of hydrogen-bond donors (Lipinski definition) is 2. The van der Waals surface area contributed by atoms with Gasteiger partial charge in [0.25, 0.3) is 0 Å². The van der Waals surface area contributed by atoms with Gasteiger partial charge in [-0.15, -0.1) is 11.8 Å². The van der Waals surface area contributed by atoms with Gasteiger partial charge in [-0.3, -0.25) is 4.79 Å². The molecule has 0 radical (unpaired) electrons. The molecule has 2 aromatic rings. The summed E-state index contributed by atoms with van der Waals surface area (Å²) in [5.74, 6) is 0.696. The van der Waals surface area contributed by atoms with Crippen LogP contribution in [0.1, 0.15) is 18.4 Å². The number of rotatable bonds is 7. The van der Waals surface area contributed by atoms with Crippen molar-refractivity contribution >= 4 is 33.4 Å². The summed E-state index contributed by atoms with van der Waals surface area (Å²) >= 11 is 1.70. The summed E-state index contributed by atoms with van der Waals surface area (Å²) in [7, 11) is -3.80. The normalized spacial score (nSPS) is 11.2. The van der Waals surface area contributed by atoms with Gasteiger partial charge >= 0.3 is 0 Å². The minimum Gasteiger partial charge on any atom is -0.326 e. The van der Waals surface area contributed by atoms with E-state index < -0.39 is 10.0 Å². The first kappa shape index (κ1) is 18.5. The van der Waals surface area contributed by atoms with Crippen LogP contribution in [0.5, 0.6) is 0 Å². The van der Waals surface area contributed by atoms with E-state index in [9.17, 15) is 13.2 Å². The number of sulfonamides is 1. The first-order valence-corrected chi connectivity index (χ1v) is 10.0. The maximum absolute atomic E-state index is 12.0. The van der Waals surface area contributed by atoms with Crippen molar-refractivity contribution < 1.29 is 13.2 Å². The number of nitrogens with two attached hydrogens (primary N) is 1. The molecule has 7 heteroatoms. The van der Waals surface area contributed by atoms with Crippen LogP contribution in [0.15, 0.2) is 58.3 Å². The van der Waals surface area contributed by atoms with Crippen molar-refractivity contribution in [1.29, 1.82) is 0 Å². The molecule has 5 nitrogen and oxygen atoms in total. The Hall–Kier alpha value is -1.83. The fourth-order valence-electron chi connectivity index (χ4n) is 2.15. The second-order valence-electron chi connectivity index (χ2n) is 5.34. The molecule has 2 aromatic carbocycles. The number of nitrogens with one attached hydrogen (secondary N) is 1. The Labute approximate surface area is 146 Å². The lowest BCUT2D eigenvalue weighted by molar-refractivity contribution is -0.116. The minimum absolute atomic E-state index is 0.0277.